The van der Waals surface area contributed by atoms with Crippen LogP contribution in [0.5, 0.6) is 0 Å². The van der Waals surface area contributed by atoms with Gasteiger partial charge in [-0.25, -0.2) is 0 Å². The Morgan fingerprint density at radius 3 is 2.17 bits per heavy atom. The minimum Gasteiger partial charge on any atom is -0.455 e. The van der Waals surface area contributed by atoms with Gasteiger partial charge in [0.1, 0.15) is 11.2 Å². The van der Waals surface area contributed by atoms with E-state index in [2.05, 4.69) is 183 Å². The number of allylic oxidation sites excluding steroid dienone is 4. The van der Waals surface area contributed by atoms with Crippen LogP contribution in [0.2, 0.25) is 0 Å². The van der Waals surface area contributed by atoms with Gasteiger partial charge in [-0.2, -0.15) is 0 Å². The zero-order chi connectivity index (χ0) is 35.4. The summed E-state index contributed by atoms with van der Waals surface area (Å²) >= 11 is 0. The van der Waals surface area contributed by atoms with Gasteiger partial charge in [0.05, 0.1) is 5.69 Å². The first kappa shape index (κ1) is 30.5. The second-order valence-corrected chi connectivity index (χ2v) is 15.6. The van der Waals surface area contributed by atoms with E-state index in [1.807, 2.05) is 0 Å². The van der Waals surface area contributed by atoms with Crippen LogP contribution < -0.4 is 4.90 Å². The van der Waals surface area contributed by atoms with Crippen molar-refractivity contribution >= 4 is 49.8 Å². The molecule has 0 radical (unpaired) electrons. The number of fused-ring (bicyclic) bond motifs is 13. The zero-order valence-electron chi connectivity index (χ0n) is 30.2. The second kappa shape index (κ2) is 11.2. The third-order valence-corrected chi connectivity index (χ3v) is 12.4. The van der Waals surface area contributed by atoms with Crippen LogP contribution in [0.4, 0.5) is 17.1 Å². The van der Waals surface area contributed by atoms with Gasteiger partial charge in [0, 0.05) is 45.0 Å². The van der Waals surface area contributed by atoms with Crippen molar-refractivity contribution < 1.29 is 4.42 Å². The lowest BCUT2D eigenvalue weighted by atomic mass is 9.82. The fourth-order valence-electron chi connectivity index (χ4n) is 9.92. The summed E-state index contributed by atoms with van der Waals surface area (Å²) in [6.45, 7) is 7.13. The molecule has 11 rings (SSSR count). The number of para-hydroxylation sites is 1. The average Bonchev–Trinajstić information content (AvgIpc) is 3.82. The molecule has 254 valence electrons. The van der Waals surface area contributed by atoms with Gasteiger partial charge >= 0.3 is 0 Å². The van der Waals surface area contributed by atoms with E-state index < -0.39 is 0 Å². The predicted molar refractivity (Wildman–Crippen MR) is 222 cm³/mol. The van der Waals surface area contributed by atoms with E-state index in [9.17, 15) is 0 Å². The van der Waals surface area contributed by atoms with Gasteiger partial charge in [-0.15, -0.1) is 0 Å². The first-order valence-electron chi connectivity index (χ1n) is 19.0. The van der Waals surface area contributed by atoms with Crippen LogP contribution in [0.25, 0.3) is 55.0 Å². The summed E-state index contributed by atoms with van der Waals surface area (Å²) in [7, 11) is 0. The highest BCUT2D eigenvalue weighted by Gasteiger charge is 2.38. The molecule has 0 spiro atoms. The molecule has 1 heterocycles. The molecule has 2 atom stereocenters. The summed E-state index contributed by atoms with van der Waals surface area (Å²) in [6, 6.07) is 49.7. The average molecular weight is 682 g/mol. The molecular formula is C51H39NO. The summed E-state index contributed by atoms with van der Waals surface area (Å²) in [5, 5.41) is 4.94. The first-order valence-corrected chi connectivity index (χ1v) is 19.0. The summed E-state index contributed by atoms with van der Waals surface area (Å²) in [4.78, 5) is 2.51. The minimum absolute atomic E-state index is 0.105. The Labute approximate surface area is 310 Å². The molecule has 8 aromatic rings. The fraction of sp³-hybridized carbons (Fsp3) is 0.137. The summed E-state index contributed by atoms with van der Waals surface area (Å²) in [6.07, 6.45) is 9.95. The predicted octanol–water partition coefficient (Wildman–Crippen LogP) is 14.2. The van der Waals surface area contributed by atoms with Crippen LogP contribution in [-0.2, 0) is 5.41 Å². The van der Waals surface area contributed by atoms with Gasteiger partial charge in [0.2, 0.25) is 0 Å². The van der Waals surface area contributed by atoms with Crippen molar-refractivity contribution in [3.63, 3.8) is 0 Å². The van der Waals surface area contributed by atoms with E-state index in [4.69, 9.17) is 4.42 Å². The molecule has 0 amide bonds. The van der Waals surface area contributed by atoms with E-state index in [1.54, 1.807) is 0 Å². The Bertz CT molecular complexity index is 2860. The molecule has 3 aliphatic rings. The molecule has 0 aliphatic heterocycles. The van der Waals surface area contributed by atoms with E-state index in [1.165, 1.54) is 83.0 Å². The lowest BCUT2D eigenvalue weighted by molar-refractivity contribution is 0.660. The molecule has 7 aromatic carbocycles. The maximum absolute atomic E-state index is 6.83. The smallest absolute Gasteiger partial charge is 0.144 e. The highest BCUT2D eigenvalue weighted by atomic mass is 16.3. The third-order valence-electron chi connectivity index (χ3n) is 12.4. The summed E-state index contributed by atoms with van der Waals surface area (Å²) in [5.74, 6) is 0.548. The van der Waals surface area contributed by atoms with E-state index >= 15 is 0 Å². The van der Waals surface area contributed by atoms with Crippen LogP contribution in [0.1, 0.15) is 66.8 Å². The Morgan fingerprint density at radius 2 is 1.34 bits per heavy atom. The highest BCUT2D eigenvalue weighted by Crippen LogP contribution is 2.57. The number of rotatable bonds is 4. The van der Waals surface area contributed by atoms with Crippen LogP contribution in [0, 0.1) is 0 Å². The van der Waals surface area contributed by atoms with Gasteiger partial charge in [0.15, 0.2) is 0 Å². The van der Waals surface area contributed by atoms with E-state index in [0.717, 1.165) is 23.3 Å². The molecule has 53 heavy (non-hydrogen) atoms. The summed E-state index contributed by atoms with van der Waals surface area (Å²) < 4.78 is 6.83. The van der Waals surface area contributed by atoms with E-state index in [-0.39, 0.29) is 11.3 Å². The Kier molecular flexibility index (Phi) is 6.44. The zero-order valence-corrected chi connectivity index (χ0v) is 30.2. The van der Waals surface area contributed by atoms with Crippen molar-refractivity contribution in [1.29, 1.82) is 0 Å². The van der Waals surface area contributed by atoms with Gasteiger partial charge in [0.25, 0.3) is 0 Å². The number of nitrogens with zero attached hydrogens (tertiary/aromatic N) is 1. The number of hydrogen-bond acceptors (Lipinski definition) is 2. The molecule has 3 aliphatic carbocycles. The van der Waals surface area contributed by atoms with Crippen molar-refractivity contribution in [1.82, 2.24) is 0 Å². The lowest BCUT2D eigenvalue weighted by Crippen LogP contribution is -2.17. The van der Waals surface area contributed by atoms with Gasteiger partial charge in [-0.05, 0) is 98.1 Å². The second-order valence-electron chi connectivity index (χ2n) is 15.6. The molecule has 1 aromatic heterocycles. The van der Waals surface area contributed by atoms with Gasteiger partial charge in [-0.1, -0.05) is 142 Å². The SMILES string of the molecule is CC1c2c(cccc2N(c2ccc(C3C=CC=CC3)cc2)c2ccc3c(c2)C(C)(C)c2ccccc2-3)-c2c1c1ccccc1c1c2oc2ccccc21. The van der Waals surface area contributed by atoms with Gasteiger partial charge in [-0.3, -0.25) is 0 Å². The van der Waals surface area contributed by atoms with Crippen LogP contribution >= 0.6 is 0 Å². The number of benzene rings is 7. The third kappa shape index (κ3) is 4.27. The van der Waals surface area contributed by atoms with E-state index in [0.29, 0.717) is 5.92 Å². The van der Waals surface area contributed by atoms with Crippen molar-refractivity contribution in [3.05, 3.63) is 186 Å². The first-order chi connectivity index (χ1) is 26.0. The van der Waals surface area contributed by atoms with Crippen LogP contribution in [0.15, 0.2) is 162 Å². The molecule has 0 N–H and O–H groups in total. The fourth-order valence-corrected chi connectivity index (χ4v) is 9.92. The Morgan fingerprint density at radius 1 is 0.623 bits per heavy atom. The topological polar surface area (TPSA) is 16.4 Å². The number of furan rings is 1. The molecule has 2 nitrogen and oxygen atoms in total. The molecule has 0 fully saturated rings. The quantitative estimate of drug-likeness (QED) is 0.184. The van der Waals surface area contributed by atoms with Crippen molar-refractivity contribution in [3.8, 4) is 22.3 Å². The number of anilines is 3. The number of hydrogen-bond donors (Lipinski definition) is 0. The Balaban J connectivity index is 1.15. The summed E-state index contributed by atoms with van der Waals surface area (Å²) in [5.41, 5.74) is 17.3. The maximum atomic E-state index is 6.83. The Hall–Kier alpha value is -6.12. The molecule has 2 heteroatoms. The standard InChI is InChI=1S/C51H39NO/c1-31-46-41(49-47(31)38-17-7-8-18-39(38)48-40-19-10-12-23-45(40)53-50(48)49)20-13-22-44(46)52(34-26-24-33(25-27-34)32-14-5-4-6-15-32)35-28-29-37-36-16-9-11-21-42(36)51(2,3)43(37)30-35/h4-14,16-32H,15H2,1-3H3. The lowest BCUT2D eigenvalue weighted by Gasteiger charge is -2.31. The molecule has 2 unspecified atom stereocenters. The van der Waals surface area contributed by atoms with Crippen molar-refractivity contribution in [2.75, 3.05) is 4.90 Å². The molecular weight excluding hydrogens is 643 g/mol. The van der Waals surface area contributed by atoms with Gasteiger partial charge < -0.3 is 9.32 Å². The normalized spacial score (nSPS) is 17.6. The minimum atomic E-state index is -0.105. The molecule has 0 saturated heterocycles. The highest BCUT2D eigenvalue weighted by molar-refractivity contribution is 6.25. The van der Waals surface area contributed by atoms with Crippen molar-refractivity contribution in [2.24, 2.45) is 0 Å². The molecule has 0 saturated carbocycles. The largest absolute Gasteiger partial charge is 0.455 e. The monoisotopic (exact) mass is 681 g/mol. The van der Waals surface area contributed by atoms with Crippen LogP contribution in [-0.4, -0.2) is 0 Å². The maximum Gasteiger partial charge on any atom is 0.144 e. The molecule has 0 bridgehead atoms. The van der Waals surface area contributed by atoms with Crippen LogP contribution in [0.3, 0.4) is 0 Å². The van der Waals surface area contributed by atoms with Crippen molar-refractivity contribution in [2.45, 2.75) is 44.4 Å².